The molecule has 1 aromatic rings. The third kappa shape index (κ3) is 2.81. The van der Waals surface area contributed by atoms with E-state index in [1.807, 2.05) is 0 Å². The van der Waals surface area contributed by atoms with Crippen LogP contribution in [0.2, 0.25) is 0 Å². The molecule has 0 bridgehead atoms. The van der Waals surface area contributed by atoms with E-state index < -0.39 is 26.6 Å². The Balaban J connectivity index is 2.50. The van der Waals surface area contributed by atoms with E-state index in [0.29, 0.717) is 19.2 Å². The SMILES string of the molecule is CC1CNCCN1S(=O)(=O)c1c(F)cc(F)cc1Br. The van der Waals surface area contributed by atoms with Gasteiger partial charge in [0.1, 0.15) is 16.5 Å². The molecular formula is C11H13BrF2N2O2S. The van der Waals surface area contributed by atoms with E-state index in [4.69, 9.17) is 0 Å². The van der Waals surface area contributed by atoms with Crippen molar-refractivity contribution in [1.82, 2.24) is 9.62 Å². The Hall–Kier alpha value is -0.570. The van der Waals surface area contributed by atoms with Gasteiger partial charge in [-0.1, -0.05) is 0 Å². The zero-order valence-electron chi connectivity index (χ0n) is 10.2. The lowest BCUT2D eigenvalue weighted by atomic mass is 10.3. The van der Waals surface area contributed by atoms with E-state index in [-0.39, 0.29) is 17.1 Å². The highest BCUT2D eigenvalue weighted by molar-refractivity contribution is 9.10. The average Bonchev–Trinajstić information content (AvgIpc) is 2.27. The van der Waals surface area contributed by atoms with Gasteiger partial charge in [-0.2, -0.15) is 4.31 Å². The highest BCUT2D eigenvalue weighted by Crippen LogP contribution is 2.30. The molecule has 1 aliphatic heterocycles. The molecule has 0 spiro atoms. The van der Waals surface area contributed by atoms with Gasteiger partial charge in [0.2, 0.25) is 10.0 Å². The molecule has 1 heterocycles. The first-order valence-corrected chi connectivity index (χ1v) is 7.94. The van der Waals surface area contributed by atoms with E-state index in [1.165, 1.54) is 4.31 Å². The molecule has 0 aromatic heterocycles. The van der Waals surface area contributed by atoms with Gasteiger partial charge in [0, 0.05) is 36.2 Å². The van der Waals surface area contributed by atoms with Crippen LogP contribution in [-0.4, -0.2) is 38.4 Å². The van der Waals surface area contributed by atoms with Gasteiger partial charge >= 0.3 is 0 Å². The van der Waals surface area contributed by atoms with Crippen molar-refractivity contribution in [3.8, 4) is 0 Å². The first-order chi connectivity index (χ1) is 8.84. The summed E-state index contributed by atoms with van der Waals surface area (Å²) < 4.78 is 52.9. The Kier molecular flexibility index (Phi) is 4.24. The minimum atomic E-state index is -3.98. The van der Waals surface area contributed by atoms with Crippen LogP contribution in [0.15, 0.2) is 21.5 Å². The van der Waals surface area contributed by atoms with E-state index >= 15 is 0 Å². The Morgan fingerprint density at radius 3 is 2.68 bits per heavy atom. The fraction of sp³-hybridized carbons (Fsp3) is 0.455. The molecule has 1 atom stereocenters. The molecule has 2 rings (SSSR count). The quantitative estimate of drug-likeness (QED) is 0.879. The van der Waals surface area contributed by atoms with Crippen LogP contribution < -0.4 is 5.32 Å². The highest BCUT2D eigenvalue weighted by atomic mass is 79.9. The van der Waals surface area contributed by atoms with Crippen LogP contribution in [0.3, 0.4) is 0 Å². The predicted molar refractivity (Wildman–Crippen MR) is 70.3 cm³/mol. The number of rotatable bonds is 2. The molecule has 19 heavy (non-hydrogen) atoms. The number of halogens is 3. The van der Waals surface area contributed by atoms with Crippen LogP contribution in [-0.2, 0) is 10.0 Å². The van der Waals surface area contributed by atoms with E-state index in [9.17, 15) is 17.2 Å². The molecule has 8 heteroatoms. The maximum atomic E-state index is 13.8. The number of sulfonamides is 1. The summed E-state index contributed by atoms with van der Waals surface area (Å²) in [5.74, 6) is -1.91. The molecule has 1 aromatic carbocycles. The average molecular weight is 355 g/mol. The zero-order chi connectivity index (χ0) is 14.2. The number of benzene rings is 1. The topological polar surface area (TPSA) is 49.4 Å². The number of nitrogens with zero attached hydrogens (tertiary/aromatic N) is 1. The van der Waals surface area contributed by atoms with Crippen molar-refractivity contribution in [2.75, 3.05) is 19.6 Å². The number of hydrogen-bond donors (Lipinski definition) is 1. The van der Waals surface area contributed by atoms with E-state index in [1.54, 1.807) is 6.92 Å². The molecule has 1 fully saturated rings. The lowest BCUT2D eigenvalue weighted by molar-refractivity contribution is 0.282. The van der Waals surface area contributed by atoms with Gasteiger partial charge in [-0.05, 0) is 28.9 Å². The van der Waals surface area contributed by atoms with Crippen molar-refractivity contribution in [3.63, 3.8) is 0 Å². The van der Waals surface area contributed by atoms with Gasteiger partial charge in [0.15, 0.2) is 0 Å². The maximum absolute atomic E-state index is 13.8. The molecule has 106 valence electrons. The third-order valence-corrected chi connectivity index (χ3v) is 5.95. The van der Waals surface area contributed by atoms with Crippen LogP contribution in [0.4, 0.5) is 8.78 Å². The van der Waals surface area contributed by atoms with Crippen LogP contribution in [0, 0.1) is 11.6 Å². The largest absolute Gasteiger partial charge is 0.314 e. The number of piperazine rings is 1. The molecule has 0 aliphatic carbocycles. The highest BCUT2D eigenvalue weighted by Gasteiger charge is 2.34. The second kappa shape index (κ2) is 5.43. The van der Waals surface area contributed by atoms with Crippen LogP contribution in [0.5, 0.6) is 0 Å². The van der Waals surface area contributed by atoms with Gasteiger partial charge in [-0.3, -0.25) is 0 Å². The zero-order valence-corrected chi connectivity index (χ0v) is 12.6. The smallest absolute Gasteiger partial charge is 0.247 e. The summed E-state index contributed by atoms with van der Waals surface area (Å²) in [6.45, 7) is 3.00. The first kappa shape index (κ1) is 14.8. The van der Waals surface area contributed by atoms with Crippen molar-refractivity contribution in [2.45, 2.75) is 17.9 Å². The van der Waals surface area contributed by atoms with Gasteiger partial charge in [-0.15, -0.1) is 0 Å². The summed E-state index contributed by atoms with van der Waals surface area (Å²) in [6, 6.07) is 1.24. The Morgan fingerprint density at radius 2 is 2.11 bits per heavy atom. The van der Waals surface area contributed by atoms with E-state index in [0.717, 1.165) is 6.07 Å². The number of hydrogen-bond acceptors (Lipinski definition) is 3. The second-order valence-corrected chi connectivity index (χ2v) is 7.05. The predicted octanol–water partition coefficient (Wildman–Crippen LogP) is 1.71. The molecule has 1 aliphatic rings. The van der Waals surface area contributed by atoms with Gasteiger partial charge in [0.25, 0.3) is 0 Å². The van der Waals surface area contributed by atoms with Crippen LogP contribution in [0.25, 0.3) is 0 Å². The standard InChI is InChI=1S/C11H13BrF2N2O2S/c1-7-6-15-2-3-16(7)19(17,18)11-9(12)4-8(13)5-10(11)14/h4-5,7,15H,2-3,6H2,1H3. The maximum Gasteiger partial charge on any atom is 0.247 e. The molecule has 0 radical (unpaired) electrons. The number of nitrogens with one attached hydrogen (secondary N) is 1. The summed E-state index contributed by atoms with van der Waals surface area (Å²) in [6.07, 6.45) is 0. The van der Waals surface area contributed by atoms with Crippen LogP contribution in [0.1, 0.15) is 6.92 Å². The molecule has 4 nitrogen and oxygen atoms in total. The van der Waals surface area contributed by atoms with Gasteiger partial charge in [0.05, 0.1) is 0 Å². The summed E-state index contributed by atoms with van der Waals surface area (Å²) >= 11 is 2.92. The minimum absolute atomic E-state index is 0.101. The molecule has 1 saturated heterocycles. The Bertz CT molecular complexity index is 571. The molecular weight excluding hydrogens is 342 g/mol. The summed E-state index contributed by atoms with van der Waals surface area (Å²) in [7, 11) is -3.98. The summed E-state index contributed by atoms with van der Waals surface area (Å²) in [5.41, 5.74) is 0. The fourth-order valence-corrected chi connectivity index (χ4v) is 4.82. The van der Waals surface area contributed by atoms with Crippen molar-refractivity contribution in [2.24, 2.45) is 0 Å². The van der Waals surface area contributed by atoms with Crippen molar-refractivity contribution >= 4 is 26.0 Å². The third-order valence-electron chi connectivity index (χ3n) is 2.97. The first-order valence-electron chi connectivity index (χ1n) is 5.71. The molecule has 0 saturated carbocycles. The fourth-order valence-electron chi connectivity index (χ4n) is 2.07. The monoisotopic (exact) mass is 354 g/mol. The molecule has 0 amide bonds. The lowest BCUT2D eigenvalue weighted by Gasteiger charge is -2.33. The lowest BCUT2D eigenvalue weighted by Crippen LogP contribution is -2.52. The summed E-state index contributed by atoms with van der Waals surface area (Å²) in [4.78, 5) is -0.511. The van der Waals surface area contributed by atoms with Gasteiger partial charge in [-0.25, -0.2) is 17.2 Å². The molecule has 1 N–H and O–H groups in total. The van der Waals surface area contributed by atoms with Gasteiger partial charge < -0.3 is 5.32 Å². The van der Waals surface area contributed by atoms with E-state index in [2.05, 4.69) is 21.2 Å². The van der Waals surface area contributed by atoms with Crippen LogP contribution >= 0.6 is 15.9 Å². The van der Waals surface area contributed by atoms with Crippen molar-refractivity contribution in [3.05, 3.63) is 28.2 Å². The van der Waals surface area contributed by atoms with Crippen molar-refractivity contribution in [1.29, 1.82) is 0 Å². The normalized spacial score (nSPS) is 21.6. The minimum Gasteiger partial charge on any atom is -0.314 e. The molecule has 1 unspecified atom stereocenters. The summed E-state index contributed by atoms with van der Waals surface area (Å²) in [5, 5.41) is 3.05. The Labute approximate surface area is 119 Å². The van der Waals surface area contributed by atoms with Crippen molar-refractivity contribution < 1.29 is 17.2 Å². The Morgan fingerprint density at radius 1 is 1.42 bits per heavy atom. The second-order valence-electron chi connectivity index (χ2n) is 4.37.